The molecule has 4 N–H and O–H groups in total. The maximum atomic E-state index is 13.1. The number of nitrogens with two attached hydrogens (primary N) is 2. The maximum Gasteiger partial charge on any atom is 0.254 e. The van der Waals surface area contributed by atoms with Crippen LogP contribution >= 0.6 is 23.2 Å². The van der Waals surface area contributed by atoms with E-state index in [1.54, 1.807) is 65.6 Å². The number of piperazine rings is 2. The fraction of sp³-hybridized carbons (Fsp3) is 0.265. The van der Waals surface area contributed by atoms with Gasteiger partial charge in [0.1, 0.15) is 11.6 Å². The molecule has 0 saturated carbocycles. The normalized spacial score (nSPS) is 14.0. The number of halogens is 4. The Bertz CT molecular complexity index is 3070. The Hall–Kier alpha value is -7.44. The van der Waals surface area contributed by atoms with Gasteiger partial charge in [0.05, 0.1) is 6.42 Å². The first-order chi connectivity index (χ1) is 33.4. The fourth-order valence-electron chi connectivity index (χ4n) is 8.15. The SMILES string of the molecule is Nc1nc(N2CCN(C(=O)Cc3ccc(Cl)cc3)CC2)c2nc(CCc3ccc(F)cc3)oc2n1.Nc1nc(N2CCN(C(=O)c3ccc(Cl)cc3)CC2)c2nc(CCc3ccc(F)cc3)oc2n1. The lowest BCUT2D eigenvalue weighted by atomic mass is 10.1. The number of oxazole rings is 2. The van der Waals surface area contributed by atoms with Crippen LogP contribution in [0.25, 0.3) is 22.5 Å². The standard InChI is InChI=1S/C25H24ClFN6O2.C24H22ClFN6O2/c26-18-6-1-17(2-7-18)15-21(34)32-11-13-33(14-12-32)23-22-24(31-25(28)30-23)35-20(29-22)10-5-16-3-8-19(27)9-4-16;25-17-6-4-16(5-7-17)23(33)32-13-11-31(12-14-32)21-20-22(30-24(27)29-21)34-19(28-20)10-3-15-1-8-18(26)9-2-15/h1-4,6-9H,5,10-15H2,(H2,28,30,31);1-2,4-9H,3,10-14H2,(H2,27,29,30). The van der Waals surface area contributed by atoms with E-state index < -0.39 is 0 Å². The van der Waals surface area contributed by atoms with Crippen molar-refractivity contribution >= 4 is 81.0 Å². The molecule has 2 amide bonds. The van der Waals surface area contributed by atoms with Gasteiger partial charge in [0.25, 0.3) is 17.3 Å². The van der Waals surface area contributed by atoms with Gasteiger partial charge in [-0.05, 0) is 90.2 Å². The molecule has 4 aromatic carbocycles. The van der Waals surface area contributed by atoms with Gasteiger partial charge >= 0.3 is 0 Å². The first-order valence-electron chi connectivity index (χ1n) is 22.3. The number of aryl methyl sites for hydroxylation is 4. The van der Waals surface area contributed by atoms with Gasteiger partial charge in [-0.3, -0.25) is 9.59 Å². The minimum Gasteiger partial charge on any atom is -0.422 e. The van der Waals surface area contributed by atoms with Crippen molar-refractivity contribution < 1.29 is 27.2 Å². The molecule has 0 aliphatic carbocycles. The summed E-state index contributed by atoms with van der Waals surface area (Å²) in [4.78, 5) is 59.8. The molecule has 0 spiro atoms. The highest BCUT2D eigenvalue weighted by Crippen LogP contribution is 2.29. The molecular formula is C49H46Cl2F2N12O4. The van der Waals surface area contributed by atoms with Crippen molar-refractivity contribution in [2.75, 3.05) is 73.6 Å². The van der Waals surface area contributed by atoms with Crippen LogP contribution in [0.15, 0.2) is 106 Å². The second kappa shape index (κ2) is 20.8. The Balaban J connectivity index is 0.000000172. The summed E-state index contributed by atoms with van der Waals surface area (Å²) in [5, 5.41) is 1.24. The number of benzene rings is 4. The first-order valence-corrected chi connectivity index (χ1v) is 23.1. The smallest absolute Gasteiger partial charge is 0.254 e. The zero-order chi connectivity index (χ0) is 48.0. The van der Waals surface area contributed by atoms with Gasteiger partial charge in [0, 0.05) is 80.8 Å². The largest absolute Gasteiger partial charge is 0.422 e. The predicted molar refractivity (Wildman–Crippen MR) is 259 cm³/mol. The van der Waals surface area contributed by atoms with E-state index in [1.807, 2.05) is 21.9 Å². The van der Waals surface area contributed by atoms with Crippen LogP contribution in [0.3, 0.4) is 0 Å². The number of nitrogens with zero attached hydrogens (tertiary/aromatic N) is 10. The molecule has 10 rings (SSSR count). The molecule has 20 heteroatoms. The highest BCUT2D eigenvalue weighted by molar-refractivity contribution is 6.30. The molecule has 0 bridgehead atoms. The fourth-order valence-corrected chi connectivity index (χ4v) is 8.40. The highest BCUT2D eigenvalue weighted by Gasteiger charge is 2.28. The number of anilines is 4. The molecule has 2 aliphatic heterocycles. The van der Waals surface area contributed by atoms with E-state index in [1.165, 1.54) is 24.3 Å². The van der Waals surface area contributed by atoms with Crippen LogP contribution < -0.4 is 21.3 Å². The van der Waals surface area contributed by atoms with Crippen LogP contribution in [0, 0.1) is 11.6 Å². The molecule has 0 radical (unpaired) electrons. The molecule has 69 heavy (non-hydrogen) atoms. The summed E-state index contributed by atoms with van der Waals surface area (Å²) in [5.74, 6) is 1.94. The number of carbonyl (C=O) groups is 2. The summed E-state index contributed by atoms with van der Waals surface area (Å²) in [6.45, 7) is 4.52. The van der Waals surface area contributed by atoms with E-state index in [9.17, 15) is 18.4 Å². The average Bonchev–Trinajstić information content (AvgIpc) is 3.98. The molecule has 0 atom stereocenters. The molecule has 6 heterocycles. The monoisotopic (exact) mass is 974 g/mol. The molecule has 2 aliphatic rings. The zero-order valence-electron chi connectivity index (χ0n) is 37.2. The number of hydrogen-bond donors (Lipinski definition) is 2. The minimum absolute atomic E-state index is 0.0341. The van der Waals surface area contributed by atoms with Crippen molar-refractivity contribution in [3.05, 3.63) is 153 Å². The highest BCUT2D eigenvalue weighted by atomic mass is 35.5. The van der Waals surface area contributed by atoms with Crippen molar-refractivity contribution in [2.45, 2.75) is 32.1 Å². The van der Waals surface area contributed by atoms with Crippen LogP contribution in [0.2, 0.25) is 10.0 Å². The maximum absolute atomic E-state index is 13.1. The molecule has 4 aromatic heterocycles. The second-order valence-corrected chi connectivity index (χ2v) is 17.4. The number of aromatic nitrogens is 6. The third-order valence-electron chi connectivity index (χ3n) is 11.8. The van der Waals surface area contributed by atoms with E-state index in [0.717, 1.165) is 16.7 Å². The molecular weight excluding hydrogens is 930 g/mol. The van der Waals surface area contributed by atoms with Gasteiger partial charge in [-0.1, -0.05) is 59.6 Å². The Morgan fingerprint density at radius 3 is 1.36 bits per heavy atom. The van der Waals surface area contributed by atoms with Gasteiger partial charge in [-0.2, -0.15) is 19.9 Å². The van der Waals surface area contributed by atoms with Crippen molar-refractivity contribution in [1.29, 1.82) is 0 Å². The zero-order valence-corrected chi connectivity index (χ0v) is 38.7. The van der Waals surface area contributed by atoms with Gasteiger partial charge in [-0.25, -0.2) is 18.7 Å². The summed E-state index contributed by atoms with van der Waals surface area (Å²) in [7, 11) is 0. The third-order valence-corrected chi connectivity index (χ3v) is 12.3. The molecule has 16 nitrogen and oxygen atoms in total. The van der Waals surface area contributed by atoms with Crippen LogP contribution in [0.1, 0.15) is 38.8 Å². The summed E-state index contributed by atoms with van der Waals surface area (Å²) in [5.41, 5.74) is 17.1. The van der Waals surface area contributed by atoms with Crippen molar-refractivity contribution in [1.82, 2.24) is 39.7 Å². The Morgan fingerprint density at radius 1 is 0.507 bits per heavy atom. The van der Waals surface area contributed by atoms with Crippen molar-refractivity contribution in [3.63, 3.8) is 0 Å². The number of amides is 2. The predicted octanol–water partition coefficient (Wildman–Crippen LogP) is 7.41. The lowest BCUT2D eigenvalue weighted by Crippen LogP contribution is -2.49. The van der Waals surface area contributed by atoms with E-state index >= 15 is 0 Å². The van der Waals surface area contributed by atoms with Crippen molar-refractivity contribution in [3.8, 4) is 0 Å². The Kier molecular flexibility index (Phi) is 14.1. The Morgan fingerprint density at radius 2 is 0.913 bits per heavy atom. The number of fused-ring (bicyclic) bond motifs is 2. The van der Waals surface area contributed by atoms with E-state index in [2.05, 4.69) is 34.8 Å². The quantitative estimate of drug-likeness (QED) is 0.130. The summed E-state index contributed by atoms with van der Waals surface area (Å²) in [6, 6.07) is 26.9. The van der Waals surface area contributed by atoms with E-state index in [4.69, 9.17) is 43.5 Å². The van der Waals surface area contributed by atoms with Gasteiger partial charge in [-0.15, -0.1) is 0 Å². The summed E-state index contributed by atoms with van der Waals surface area (Å²) >= 11 is 11.9. The molecule has 2 saturated heterocycles. The van der Waals surface area contributed by atoms with E-state index in [-0.39, 0.29) is 35.3 Å². The lowest BCUT2D eigenvalue weighted by molar-refractivity contribution is -0.130. The van der Waals surface area contributed by atoms with E-state index in [0.29, 0.717) is 146 Å². The molecule has 0 unspecified atom stereocenters. The first kappa shape index (κ1) is 46.7. The minimum atomic E-state index is -0.268. The van der Waals surface area contributed by atoms with Crippen LogP contribution in [0.4, 0.5) is 32.3 Å². The number of carbonyl (C=O) groups excluding carboxylic acids is 2. The van der Waals surface area contributed by atoms with Gasteiger partial charge in [0.2, 0.25) is 17.8 Å². The van der Waals surface area contributed by atoms with Gasteiger partial charge < -0.3 is 39.9 Å². The molecule has 354 valence electrons. The van der Waals surface area contributed by atoms with Crippen molar-refractivity contribution in [2.24, 2.45) is 0 Å². The molecule has 2 fully saturated rings. The molecule has 8 aromatic rings. The van der Waals surface area contributed by atoms with Crippen LogP contribution in [0.5, 0.6) is 0 Å². The van der Waals surface area contributed by atoms with Crippen LogP contribution in [-0.2, 0) is 36.9 Å². The third kappa shape index (κ3) is 11.5. The number of rotatable bonds is 11. The van der Waals surface area contributed by atoms with Gasteiger partial charge in [0.15, 0.2) is 34.5 Å². The number of nitrogen functional groups attached to an aromatic ring is 2. The summed E-state index contributed by atoms with van der Waals surface area (Å²) < 4.78 is 37.9. The number of hydrogen-bond acceptors (Lipinski definition) is 14. The average molecular weight is 976 g/mol. The second-order valence-electron chi connectivity index (χ2n) is 16.5. The van der Waals surface area contributed by atoms with Crippen LogP contribution in [-0.4, -0.2) is 104 Å². The lowest BCUT2D eigenvalue weighted by Gasteiger charge is -2.35. The topological polar surface area (TPSA) is 203 Å². The summed E-state index contributed by atoms with van der Waals surface area (Å²) in [6.07, 6.45) is 2.71. The Labute approximate surface area is 404 Å².